The molecule has 2 aliphatic heterocycles. The van der Waals surface area contributed by atoms with Crippen molar-refractivity contribution in [1.82, 2.24) is 20.2 Å². The van der Waals surface area contributed by atoms with E-state index in [2.05, 4.69) is 21.0 Å². The molecule has 2 aliphatic rings. The van der Waals surface area contributed by atoms with Gasteiger partial charge in [0.15, 0.2) is 11.6 Å². The van der Waals surface area contributed by atoms with Gasteiger partial charge in [0.1, 0.15) is 22.8 Å². The molecule has 2 amide bonds. The first-order valence-electron chi connectivity index (χ1n) is 10.3. The Morgan fingerprint density at radius 3 is 1.53 bits per heavy atom. The highest BCUT2D eigenvalue weighted by Crippen LogP contribution is 2.43. The van der Waals surface area contributed by atoms with Crippen LogP contribution in [0.15, 0.2) is 59.3 Å². The van der Waals surface area contributed by atoms with Gasteiger partial charge in [0.2, 0.25) is 0 Å². The van der Waals surface area contributed by atoms with Crippen molar-refractivity contribution in [3.63, 3.8) is 0 Å². The molecule has 5 heterocycles. The number of thiophene rings is 2. The molecule has 34 heavy (non-hydrogen) atoms. The minimum absolute atomic E-state index is 0.230. The van der Waals surface area contributed by atoms with Crippen molar-refractivity contribution in [1.29, 1.82) is 0 Å². The average molecular weight is 531 g/mol. The van der Waals surface area contributed by atoms with Crippen LogP contribution < -0.4 is 10.9 Å². The second kappa shape index (κ2) is 8.38. The van der Waals surface area contributed by atoms with Gasteiger partial charge in [-0.25, -0.2) is 10.0 Å². The summed E-state index contributed by atoms with van der Waals surface area (Å²) in [6.07, 6.45) is 0. The largest absolute Gasteiger partial charge is 0.277 e. The number of hydrogen-bond acceptors (Lipinski definition) is 8. The lowest BCUT2D eigenvalue weighted by Crippen LogP contribution is -2.58. The van der Waals surface area contributed by atoms with Gasteiger partial charge in [0.25, 0.3) is 11.8 Å². The molecule has 2 N–H and O–H groups in total. The van der Waals surface area contributed by atoms with Gasteiger partial charge in [0, 0.05) is 20.5 Å². The smallest absolute Gasteiger partial charge is 0.262 e. The van der Waals surface area contributed by atoms with Gasteiger partial charge in [-0.1, -0.05) is 36.4 Å². The fourth-order valence-corrected chi connectivity index (χ4v) is 6.68. The quantitative estimate of drug-likeness (QED) is 0.275. The van der Waals surface area contributed by atoms with Crippen molar-refractivity contribution in [2.24, 2.45) is 0 Å². The predicted octanol–water partition coefficient (Wildman–Crippen LogP) is 4.79. The number of carbonyl (C=O) groups is 2. The van der Waals surface area contributed by atoms with Crippen LogP contribution in [0.5, 0.6) is 0 Å². The molecule has 1 aromatic carbocycles. The Hall–Kier alpha value is -2.92. The normalized spacial score (nSPS) is 24.2. The van der Waals surface area contributed by atoms with Gasteiger partial charge in [-0.15, -0.1) is 56.1 Å². The average Bonchev–Trinajstić information content (AvgIpc) is 3.58. The highest BCUT2D eigenvalue weighted by atomic mass is 35.5. The first kappa shape index (κ1) is 21.6. The summed E-state index contributed by atoms with van der Waals surface area (Å²) in [5.41, 5.74) is 6.20. The topological polar surface area (TPSA) is 90.5 Å². The van der Waals surface area contributed by atoms with Crippen LogP contribution in [0.3, 0.4) is 0 Å². The van der Waals surface area contributed by atoms with E-state index >= 15 is 0 Å². The maximum absolute atomic E-state index is 12.5. The Kier molecular flexibility index (Phi) is 5.33. The Bertz CT molecular complexity index is 1280. The van der Waals surface area contributed by atoms with Crippen molar-refractivity contribution in [3.8, 4) is 0 Å². The standard InChI is InChI=1S/C22H16Cl2N6O2S2/c23-15-17(13-7-3-9-33-13)29(21(15)31)27-19-11-5-1-2-6-12(11)20(26-25-19)28-30-18(16(24)22(30)32)14-8-4-10-34-14/h1-10,15-18H,(H,25,27)(H,26,28). The number of alkyl halides is 2. The summed E-state index contributed by atoms with van der Waals surface area (Å²) < 4.78 is 0. The monoisotopic (exact) mass is 530 g/mol. The number of hydrogen-bond donors (Lipinski definition) is 2. The molecule has 0 radical (unpaired) electrons. The molecule has 6 rings (SSSR count). The van der Waals surface area contributed by atoms with Crippen LogP contribution in [0.25, 0.3) is 10.8 Å². The molecule has 2 fully saturated rings. The van der Waals surface area contributed by atoms with E-state index in [4.69, 9.17) is 23.2 Å². The van der Waals surface area contributed by atoms with Crippen molar-refractivity contribution in [2.45, 2.75) is 22.8 Å². The van der Waals surface area contributed by atoms with Crippen molar-refractivity contribution < 1.29 is 9.59 Å². The number of halogens is 2. The molecule has 8 nitrogen and oxygen atoms in total. The number of anilines is 2. The Morgan fingerprint density at radius 2 is 1.15 bits per heavy atom. The molecule has 4 atom stereocenters. The maximum Gasteiger partial charge on any atom is 0.262 e. The van der Waals surface area contributed by atoms with Gasteiger partial charge in [-0.3, -0.25) is 20.4 Å². The van der Waals surface area contributed by atoms with Gasteiger partial charge in [0.05, 0.1) is 0 Å². The molecular weight excluding hydrogens is 515 g/mol. The summed E-state index contributed by atoms with van der Waals surface area (Å²) in [6, 6.07) is 14.6. The lowest BCUT2D eigenvalue weighted by Gasteiger charge is -2.44. The SMILES string of the molecule is O=C1C(Cl)C(c2cccs2)N1Nc1nnc(NN2C(=O)C(Cl)C2c2cccs2)c2ccccc12. The highest BCUT2D eigenvalue weighted by Gasteiger charge is 2.49. The van der Waals surface area contributed by atoms with Gasteiger partial charge in [-0.2, -0.15) is 0 Å². The van der Waals surface area contributed by atoms with Crippen molar-refractivity contribution in [3.05, 3.63) is 69.0 Å². The van der Waals surface area contributed by atoms with Crippen LogP contribution in [0, 0.1) is 0 Å². The summed E-state index contributed by atoms with van der Waals surface area (Å²) >= 11 is 15.7. The number of amides is 2. The maximum atomic E-state index is 12.5. The summed E-state index contributed by atoms with van der Waals surface area (Å²) in [5, 5.41) is 15.7. The fraction of sp³-hybridized carbons (Fsp3) is 0.182. The molecule has 0 bridgehead atoms. The summed E-state index contributed by atoms with van der Waals surface area (Å²) in [6.45, 7) is 0. The molecule has 4 aromatic rings. The van der Waals surface area contributed by atoms with E-state index in [1.807, 2.05) is 59.3 Å². The summed E-state index contributed by atoms with van der Waals surface area (Å²) in [5.74, 6) is 0.372. The molecule has 0 aliphatic carbocycles. The zero-order chi connectivity index (χ0) is 23.4. The number of fused-ring (bicyclic) bond motifs is 1. The van der Waals surface area contributed by atoms with Gasteiger partial charge >= 0.3 is 0 Å². The van der Waals surface area contributed by atoms with E-state index in [1.165, 1.54) is 32.7 Å². The number of benzene rings is 1. The lowest BCUT2D eigenvalue weighted by molar-refractivity contribution is -0.143. The number of aromatic nitrogens is 2. The summed E-state index contributed by atoms with van der Waals surface area (Å²) in [4.78, 5) is 27.0. The Morgan fingerprint density at radius 1 is 0.706 bits per heavy atom. The predicted molar refractivity (Wildman–Crippen MR) is 134 cm³/mol. The molecule has 12 heteroatoms. The molecular formula is C22H16Cl2N6O2S2. The van der Waals surface area contributed by atoms with Gasteiger partial charge < -0.3 is 0 Å². The van der Waals surface area contributed by atoms with E-state index in [9.17, 15) is 9.59 Å². The zero-order valence-corrected chi connectivity index (χ0v) is 20.4. The van der Waals surface area contributed by atoms with Crippen LogP contribution >= 0.6 is 45.9 Å². The second-order valence-corrected chi connectivity index (χ2v) is 10.7. The van der Waals surface area contributed by atoms with E-state index < -0.39 is 10.8 Å². The number of rotatable bonds is 6. The fourth-order valence-electron chi connectivity index (χ4n) is 4.12. The van der Waals surface area contributed by atoms with E-state index in [1.54, 1.807) is 0 Å². The van der Waals surface area contributed by atoms with E-state index in [-0.39, 0.29) is 23.9 Å². The first-order chi connectivity index (χ1) is 16.5. The molecule has 0 spiro atoms. The molecule has 2 saturated heterocycles. The van der Waals surface area contributed by atoms with E-state index in [0.29, 0.717) is 11.6 Å². The summed E-state index contributed by atoms with van der Waals surface area (Å²) in [7, 11) is 0. The van der Waals surface area contributed by atoms with Crippen LogP contribution in [0.1, 0.15) is 21.8 Å². The van der Waals surface area contributed by atoms with Crippen LogP contribution in [-0.4, -0.2) is 42.8 Å². The third kappa shape index (κ3) is 3.32. The van der Waals surface area contributed by atoms with Crippen LogP contribution in [0.2, 0.25) is 0 Å². The lowest BCUT2D eigenvalue weighted by atomic mass is 10.0. The van der Waals surface area contributed by atoms with E-state index in [0.717, 1.165) is 20.5 Å². The zero-order valence-electron chi connectivity index (χ0n) is 17.3. The van der Waals surface area contributed by atoms with Crippen molar-refractivity contribution >= 4 is 80.1 Å². The number of β-lactam (4-membered cyclic amide) rings is 2. The number of carbonyl (C=O) groups excluding carboxylic acids is 2. The Balaban J connectivity index is 1.30. The molecule has 0 saturated carbocycles. The number of hydrazine groups is 2. The molecule has 4 unspecified atom stereocenters. The third-order valence-electron chi connectivity index (χ3n) is 5.87. The highest BCUT2D eigenvalue weighted by molar-refractivity contribution is 7.10. The minimum Gasteiger partial charge on any atom is -0.277 e. The first-order valence-corrected chi connectivity index (χ1v) is 13.0. The van der Waals surface area contributed by atoms with Crippen LogP contribution in [-0.2, 0) is 9.59 Å². The number of nitrogens with zero attached hydrogens (tertiary/aromatic N) is 4. The second-order valence-electron chi connectivity index (χ2n) is 7.81. The molecule has 3 aromatic heterocycles. The Labute approximate surface area is 212 Å². The molecule has 172 valence electrons. The van der Waals surface area contributed by atoms with Crippen molar-refractivity contribution in [2.75, 3.05) is 10.9 Å². The van der Waals surface area contributed by atoms with Gasteiger partial charge in [-0.05, 0) is 22.9 Å². The number of nitrogens with one attached hydrogen (secondary N) is 2. The van der Waals surface area contributed by atoms with Crippen LogP contribution in [0.4, 0.5) is 11.6 Å². The third-order valence-corrected chi connectivity index (χ3v) is 8.60. The minimum atomic E-state index is -0.638.